The molecule has 1 aromatic heterocycles. The second-order valence-corrected chi connectivity index (χ2v) is 5.51. The average molecular weight is 250 g/mol. The molecular formula is C15H26N2O. The molecule has 2 heterocycles. The molecule has 3 nitrogen and oxygen atoms in total. The van der Waals surface area contributed by atoms with E-state index in [1.807, 2.05) is 6.92 Å². The van der Waals surface area contributed by atoms with Gasteiger partial charge >= 0.3 is 0 Å². The van der Waals surface area contributed by atoms with Crippen molar-refractivity contribution in [3.63, 3.8) is 0 Å². The highest BCUT2D eigenvalue weighted by Crippen LogP contribution is 2.24. The summed E-state index contributed by atoms with van der Waals surface area (Å²) in [5.74, 6) is 3.00. The molecule has 102 valence electrons. The maximum atomic E-state index is 5.76. The first-order chi connectivity index (χ1) is 8.72. The molecule has 0 spiro atoms. The average Bonchev–Trinajstić information content (AvgIpc) is 2.72. The highest BCUT2D eigenvalue weighted by molar-refractivity contribution is 5.20. The summed E-state index contributed by atoms with van der Waals surface area (Å²) < 4.78 is 5.76. The zero-order chi connectivity index (χ0) is 13.0. The predicted octanol–water partition coefficient (Wildman–Crippen LogP) is 3.06. The molecule has 0 radical (unpaired) electrons. The van der Waals surface area contributed by atoms with E-state index in [4.69, 9.17) is 10.2 Å². The molecule has 0 aromatic carbocycles. The van der Waals surface area contributed by atoms with Crippen LogP contribution >= 0.6 is 0 Å². The minimum Gasteiger partial charge on any atom is -0.465 e. The van der Waals surface area contributed by atoms with Gasteiger partial charge in [-0.25, -0.2) is 0 Å². The third-order valence-electron chi connectivity index (χ3n) is 4.08. The second kappa shape index (κ2) is 6.39. The van der Waals surface area contributed by atoms with Crippen LogP contribution in [0, 0.1) is 12.8 Å². The van der Waals surface area contributed by atoms with E-state index in [9.17, 15) is 0 Å². The Morgan fingerprint density at radius 3 is 2.67 bits per heavy atom. The Hall–Kier alpha value is -0.800. The summed E-state index contributed by atoms with van der Waals surface area (Å²) >= 11 is 0. The normalized spacial score (nSPS) is 18.4. The molecule has 1 fully saturated rings. The maximum Gasteiger partial charge on any atom is 0.118 e. The van der Waals surface area contributed by atoms with Gasteiger partial charge in [-0.05, 0) is 44.8 Å². The van der Waals surface area contributed by atoms with Crippen LogP contribution in [0.15, 0.2) is 10.5 Å². The summed E-state index contributed by atoms with van der Waals surface area (Å²) in [6, 6.07) is 2.12. The summed E-state index contributed by atoms with van der Waals surface area (Å²) in [6.45, 7) is 8.23. The number of furan rings is 1. The van der Waals surface area contributed by atoms with Gasteiger partial charge in [0.05, 0.1) is 6.54 Å². The quantitative estimate of drug-likeness (QED) is 0.873. The van der Waals surface area contributed by atoms with Crippen molar-refractivity contribution >= 4 is 0 Å². The number of hydrogen-bond donors (Lipinski definition) is 1. The smallest absolute Gasteiger partial charge is 0.118 e. The summed E-state index contributed by atoms with van der Waals surface area (Å²) in [7, 11) is 0. The SMILES string of the molecule is CCCC1CCN(Cc2cc(CN)c(C)o2)CC1. The first-order valence-corrected chi connectivity index (χ1v) is 7.23. The first kappa shape index (κ1) is 13.6. The molecule has 2 rings (SSSR count). The van der Waals surface area contributed by atoms with Gasteiger partial charge in [-0.2, -0.15) is 0 Å². The zero-order valence-electron chi connectivity index (χ0n) is 11.7. The van der Waals surface area contributed by atoms with E-state index in [0.717, 1.165) is 29.5 Å². The van der Waals surface area contributed by atoms with E-state index in [-0.39, 0.29) is 0 Å². The Morgan fingerprint density at radius 2 is 2.11 bits per heavy atom. The lowest BCUT2D eigenvalue weighted by Gasteiger charge is -2.31. The third-order valence-corrected chi connectivity index (χ3v) is 4.08. The lowest BCUT2D eigenvalue weighted by atomic mass is 9.92. The Bertz CT molecular complexity index is 365. The summed E-state index contributed by atoms with van der Waals surface area (Å²) in [6.07, 6.45) is 5.40. The van der Waals surface area contributed by atoms with Crippen molar-refractivity contribution in [3.8, 4) is 0 Å². The van der Waals surface area contributed by atoms with E-state index in [2.05, 4.69) is 17.9 Å². The molecule has 0 bridgehead atoms. The van der Waals surface area contributed by atoms with Crippen molar-refractivity contribution in [1.82, 2.24) is 4.90 Å². The Balaban J connectivity index is 1.83. The molecule has 0 atom stereocenters. The standard InChI is InChI=1S/C15H26N2O/c1-3-4-13-5-7-17(8-6-13)11-15-9-14(10-16)12(2)18-15/h9,13H,3-8,10-11,16H2,1-2H3. The van der Waals surface area contributed by atoms with Crippen LogP contribution in [-0.4, -0.2) is 18.0 Å². The van der Waals surface area contributed by atoms with E-state index in [0.29, 0.717) is 6.54 Å². The fraction of sp³-hybridized carbons (Fsp3) is 0.733. The van der Waals surface area contributed by atoms with Crippen molar-refractivity contribution < 1.29 is 4.42 Å². The molecule has 1 saturated heterocycles. The number of rotatable bonds is 5. The van der Waals surface area contributed by atoms with E-state index >= 15 is 0 Å². The van der Waals surface area contributed by atoms with Crippen LogP contribution in [0.4, 0.5) is 0 Å². The van der Waals surface area contributed by atoms with Crippen LogP contribution in [0.25, 0.3) is 0 Å². The molecule has 0 amide bonds. The number of hydrogen-bond acceptors (Lipinski definition) is 3. The number of aryl methyl sites for hydroxylation is 1. The van der Waals surface area contributed by atoms with Gasteiger partial charge in [0.15, 0.2) is 0 Å². The van der Waals surface area contributed by atoms with Crippen LogP contribution < -0.4 is 5.73 Å². The topological polar surface area (TPSA) is 42.4 Å². The van der Waals surface area contributed by atoms with Crippen molar-refractivity contribution in [2.45, 2.75) is 52.6 Å². The summed E-state index contributed by atoms with van der Waals surface area (Å²) in [5, 5.41) is 0. The zero-order valence-corrected chi connectivity index (χ0v) is 11.7. The predicted molar refractivity (Wildman–Crippen MR) is 74.2 cm³/mol. The third kappa shape index (κ3) is 3.36. The molecule has 1 aliphatic heterocycles. The minimum absolute atomic E-state index is 0.577. The van der Waals surface area contributed by atoms with Gasteiger partial charge in [-0.1, -0.05) is 19.8 Å². The largest absolute Gasteiger partial charge is 0.465 e. The highest BCUT2D eigenvalue weighted by Gasteiger charge is 2.19. The van der Waals surface area contributed by atoms with E-state index in [1.165, 1.54) is 38.8 Å². The van der Waals surface area contributed by atoms with Crippen LogP contribution in [0.5, 0.6) is 0 Å². The first-order valence-electron chi connectivity index (χ1n) is 7.23. The van der Waals surface area contributed by atoms with Crippen molar-refractivity contribution in [1.29, 1.82) is 0 Å². The fourth-order valence-electron chi connectivity index (χ4n) is 2.93. The highest BCUT2D eigenvalue weighted by atomic mass is 16.3. The molecule has 0 saturated carbocycles. The molecule has 3 heteroatoms. The van der Waals surface area contributed by atoms with Crippen molar-refractivity contribution in [2.24, 2.45) is 11.7 Å². The maximum absolute atomic E-state index is 5.76. The molecule has 2 N–H and O–H groups in total. The summed E-state index contributed by atoms with van der Waals surface area (Å²) in [5.41, 5.74) is 6.82. The Morgan fingerprint density at radius 1 is 1.39 bits per heavy atom. The van der Waals surface area contributed by atoms with Gasteiger partial charge in [-0.3, -0.25) is 4.90 Å². The van der Waals surface area contributed by atoms with Crippen LogP contribution in [0.3, 0.4) is 0 Å². The van der Waals surface area contributed by atoms with Crippen LogP contribution in [0.2, 0.25) is 0 Å². The van der Waals surface area contributed by atoms with Crippen LogP contribution in [0.1, 0.15) is 49.7 Å². The van der Waals surface area contributed by atoms with Gasteiger partial charge in [0.1, 0.15) is 11.5 Å². The van der Waals surface area contributed by atoms with Gasteiger partial charge in [0.25, 0.3) is 0 Å². The molecule has 0 unspecified atom stereocenters. The van der Waals surface area contributed by atoms with E-state index < -0.39 is 0 Å². The molecule has 18 heavy (non-hydrogen) atoms. The number of piperidine rings is 1. The fourth-order valence-corrected chi connectivity index (χ4v) is 2.93. The van der Waals surface area contributed by atoms with Gasteiger partial charge in [0, 0.05) is 12.1 Å². The summed E-state index contributed by atoms with van der Waals surface area (Å²) in [4.78, 5) is 2.50. The number of nitrogens with zero attached hydrogens (tertiary/aromatic N) is 1. The van der Waals surface area contributed by atoms with Gasteiger partial charge < -0.3 is 10.2 Å². The number of nitrogens with two attached hydrogens (primary N) is 1. The molecule has 1 aromatic rings. The molecule has 1 aliphatic rings. The van der Waals surface area contributed by atoms with Gasteiger partial charge in [-0.15, -0.1) is 0 Å². The Kier molecular flexibility index (Phi) is 4.84. The number of likely N-dealkylation sites (tertiary alicyclic amines) is 1. The lowest BCUT2D eigenvalue weighted by Crippen LogP contribution is -2.33. The Labute approximate surface area is 110 Å². The second-order valence-electron chi connectivity index (χ2n) is 5.51. The molecule has 0 aliphatic carbocycles. The monoisotopic (exact) mass is 250 g/mol. The van der Waals surface area contributed by atoms with Crippen LogP contribution in [-0.2, 0) is 13.1 Å². The van der Waals surface area contributed by atoms with Crippen molar-refractivity contribution in [3.05, 3.63) is 23.2 Å². The lowest BCUT2D eigenvalue weighted by molar-refractivity contribution is 0.161. The van der Waals surface area contributed by atoms with Crippen molar-refractivity contribution in [2.75, 3.05) is 13.1 Å². The van der Waals surface area contributed by atoms with Gasteiger partial charge in [0.2, 0.25) is 0 Å². The minimum atomic E-state index is 0.577. The molecular weight excluding hydrogens is 224 g/mol. The van der Waals surface area contributed by atoms with E-state index in [1.54, 1.807) is 0 Å².